The SMILES string of the molecule is CC[C@@H](F)C1CCN(CC2CCN(C)CC2)CC1. The van der Waals surface area contributed by atoms with Crippen molar-refractivity contribution in [2.75, 3.05) is 39.8 Å². The van der Waals surface area contributed by atoms with Gasteiger partial charge in [-0.3, -0.25) is 0 Å². The van der Waals surface area contributed by atoms with E-state index in [1.54, 1.807) is 0 Å². The van der Waals surface area contributed by atoms with Gasteiger partial charge in [0.1, 0.15) is 6.17 Å². The minimum absolute atomic E-state index is 0.337. The van der Waals surface area contributed by atoms with Crippen LogP contribution in [-0.2, 0) is 0 Å². The number of alkyl halides is 1. The summed E-state index contributed by atoms with van der Waals surface area (Å²) in [6.45, 7) is 7.97. The van der Waals surface area contributed by atoms with Gasteiger partial charge in [-0.25, -0.2) is 4.39 Å². The Kier molecular flexibility index (Phi) is 5.43. The Bertz CT molecular complexity index is 231. The highest BCUT2D eigenvalue weighted by atomic mass is 19.1. The standard InChI is InChI=1S/C15H29FN2/c1-3-15(16)14-6-10-18(11-7-14)12-13-4-8-17(2)9-5-13/h13-15H,3-12H2,1-2H3/t15-/m1/s1. The quantitative estimate of drug-likeness (QED) is 0.763. The van der Waals surface area contributed by atoms with Crippen molar-refractivity contribution >= 4 is 0 Å². The number of piperidine rings is 2. The van der Waals surface area contributed by atoms with E-state index in [0.29, 0.717) is 12.3 Å². The van der Waals surface area contributed by atoms with E-state index in [1.807, 2.05) is 6.92 Å². The molecule has 3 heteroatoms. The molecule has 2 aliphatic rings. The van der Waals surface area contributed by atoms with Gasteiger partial charge in [0.2, 0.25) is 0 Å². The second-order valence-electron chi connectivity index (χ2n) is 6.31. The molecule has 0 saturated carbocycles. The predicted octanol–water partition coefficient (Wildman–Crippen LogP) is 2.79. The number of hydrogen-bond acceptors (Lipinski definition) is 2. The van der Waals surface area contributed by atoms with E-state index < -0.39 is 6.17 Å². The summed E-state index contributed by atoms with van der Waals surface area (Å²) in [5.74, 6) is 1.22. The smallest absolute Gasteiger partial charge is 0.103 e. The molecule has 2 fully saturated rings. The lowest BCUT2D eigenvalue weighted by Gasteiger charge is -2.37. The summed E-state index contributed by atoms with van der Waals surface area (Å²) < 4.78 is 13.6. The number of hydrogen-bond donors (Lipinski definition) is 0. The van der Waals surface area contributed by atoms with Crippen LogP contribution < -0.4 is 0 Å². The van der Waals surface area contributed by atoms with Gasteiger partial charge in [-0.05, 0) is 77.2 Å². The van der Waals surface area contributed by atoms with Crippen molar-refractivity contribution in [2.24, 2.45) is 11.8 Å². The zero-order chi connectivity index (χ0) is 13.0. The molecule has 0 amide bonds. The molecule has 0 N–H and O–H groups in total. The number of rotatable bonds is 4. The molecule has 2 aliphatic heterocycles. The minimum atomic E-state index is -0.560. The molecular formula is C15H29FN2. The fourth-order valence-electron chi connectivity index (χ4n) is 3.44. The number of likely N-dealkylation sites (tertiary alicyclic amines) is 2. The molecule has 1 atom stereocenters. The molecule has 2 rings (SSSR count). The van der Waals surface area contributed by atoms with E-state index in [1.165, 1.54) is 32.5 Å². The maximum Gasteiger partial charge on any atom is 0.103 e. The van der Waals surface area contributed by atoms with Crippen molar-refractivity contribution < 1.29 is 4.39 Å². The number of halogens is 1. The van der Waals surface area contributed by atoms with E-state index in [4.69, 9.17) is 0 Å². The van der Waals surface area contributed by atoms with Gasteiger partial charge in [-0.1, -0.05) is 6.92 Å². The lowest BCUT2D eigenvalue weighted by Crippen LogP contribution is -2.41. The monoisotopic (exact) mass is 256 g/mol. The number of nitrogens with zero attached hydrogens (tertiary/aromatic N) is 2. The normalized spacial score (nSPS) is 27.5. The second-order valence-corrected chi connectivity index (χ2v) is 6.31. The summed E-state index contributed by atoms with van der Waals surface area (Å²) >= 11 is 0. The Morgan fingerprint density at radius 1 is 1.06 bits per heavy atom. The lowest BCUT2D eigenvalue weighted by atomic mass is 9.89. The van der Waals surface area contributed by atoms with Crippen molar-refractivity contribution in [1.29, 1.82) is 0 Å². The molecule has 106 valence electrons. The van der Waals surface area contributed by atoms with E-state index in [9.17, 15) is 4.39 Å². The van der Waals surface area contributed by atoms with Gasteiger partial charge in [-0.15, -0.1) is 0 Å². The average Bonchev–Trinajstić information content (AvgIpc) is 2.41. The molecule has 0 aromatic carbocycles. The van der Waals surface area contributed by atoms with Gasteiger partial charge in [0.15, 0.2) is 0 Å². The molecule has 0 aliphatic carbocycles. The van der Waals surface area contributed by atoms with Gasteiger partial charge in [-0.2, -0.15) is 0 Å². The molecule has 2 nitrogen and oxygen atoms in total. The molecular weight excluding hydrogens is 227 g/mol. The van der Waals surface area contributed by atoms with Crippen LogP contribution in [0.3, 0.4) is 0 Å². The molecule has 0 aromatic heterocycles. The zero-order valence-electron chi connectivity index (χ0n) is 12.1. The Morgan fingerprint density at radius 3 is 2.22 bits per heavy atom. The van der Waals surface area contributed by atoms with E-state index >= 15 is 0 Å². The largest absolute Gasteiger partial charge is 0.306 e. The average molecular weight is 256 g/mol. The fraction of sp³-hybridized carbons (Fsp3) is 1.00. The van der Waals surface area contributed by atoms with Crippen molar-refractivity contribution in [3.05, 3.63) is 0 Å². The second kappa shape index (κ2) is 6.85. The van der Waals surface area contributed by atoms with E-state index in [0.717, 1.165) is 31.8 Å². The summed E-state index contributed by atoms with van der Waals surface area (Å²) in [6.07, 6.45) is 4.97. The van der Waals surface area contributed by atoms with Crippen molar-refractivity contribution in [3.8, 4) is 0 Å². The third-order valence-electron chi connectivity index (χ3n) is 4.89. The highest BCUT2D eigenvalue weighted by molar-refractivity contribution is 4.80. The van der Waals surface area contributed by atoms with Crippen LogP contribution in [0.25, 0.3) is 0 Å². The van der Waals surface area contributed by atoms with Crippen LogP contribution in [0, 0.1) is 11.8 Å². The van der Waals surface area contributed by atoms with Gasteiger partial charge >= 0.3 is 0 Å². The molecule has 0 unspecified atom stereocenters. The van der Waals surface area contributed by atoms with Gasteiger partial charge in [0.25, 0.3) is 0 Å². The fourth-order valence-corrected chi connectivity index (χ4v) is 3.44. The molecule has 0 bridgehead atoms. The first-order valence-corrected chi connectivity index (χ1v) is 7.74. The molecule has 0 aromatic rings. The minimum Gasteiger partial charge on any atom is -0.306 e. The van der Waals surface area contributed by atoms with Crippen molar-refractivity contribution in [3.63, 3.8) is 0 Å². The Morgan fingerprint density at radius 2 is 1.67 bits per heavy atom. The lowest BCUT2D eigenvalue weighted by molar-refractivity contribution is 0.0935. The van der Waals surface area contributed by atoms with E-state index in [2.05, 4.69) is 16.8 Å². The van der Waals surface area contributed by atoms with Crippen LogP contribution in [-0.4, -0.2) is 55.7 Å². The van der Waals surface area contributed by atoms with Gasteiger partial charge < -0.3 is 9.80 Å². The molecule has 2 saturated heterocycles. The first-order valence-electron chi connectivity index (χ1n) is 7.74. The highest BCUT2D eigenvalue weighted by Crippen LogP contribution is 2.26. The van der Waals surface area contributed by atoms with Crippen LogP contribution >= 0.6 is 0 Å². The van der Waals surface area contributed by atoms with Crippen LogP contribution in [0.2, 0.25) is 0 Å². The summed E-state index contributed by atoms with van der Waals surface area (Å²) in [7, 11) is 2.22. The highest BCUT2D eigenvalue weighted by Gasteiger charge is 2.27. The van der Waals surface area contributed by atoms with Gasteiger partial charge in [0.05, 0.1) is 0 Å². The maximum atomic E-state index is 13.6. The van der Waals surface area contributed by atoms with Crippen LogP contribution in [0.5, 0.6) is 0 Å². The Labute approximate surface area is 112 Å². The maximum absolute atomic E-state index is 13.6. The van der Waals surface area contributed by atoms with Crippen LogP contribution in [0.1, 0.15) is 39.0 Å². The van der Waals surface area contributed by atoms with Gasteiger partial charge in [0, 0.05) is 6.54 Å². The summed E-state index contributed by atoms with van der Waals surface area (Å²) in [4.78, 5) is 5.01. The first kappa shape index (κ1) is 14.3. The molecule has 0 spiro atoms. The summed E-state index contributed by atoms with van der Waals surface area (Å²) in [6, 6.07) is 0. The molecule has 18 heavy (non-hydrogen) atoms. The van der Waals surface area contributed by atoms with Crippen molar-refractivity contribution in [1.82, 2.24) is 9.80 Å². The Balaban J connectivity index is 1.67. The van der Waals surface area contributed by atoms with Crippen molar-refractivity contribution in [2.45, 2.75) is 45.2 Å². The first-order chi connectivity index (χ1) is 8.69. The Hall–Kier alpha value is -0.150. The van der Waals surface area contributed by atoms with E-state index in [-0.39, 0.29) is 0 Å². The topological polar surface area (TPSA) is 6.48 Å². The van der Waals surface area contributed by atoms with Crippen LogP contribution in [0.15, 0.2) is 0 Å². The van der Waals surface area contributed by atoms with Crippen LogP contribution in [0.4, 0.5) is 4.39 Å². The molecule has 2 heterocycles. The molecule has 0 radical (unpaired) electrons. The summed E-state index contributed by atoms with van der Waals surface area (Å²) in [5, 5.41) is 0. The summed E-state index contributed by atoms with van der Waals surface area (Å²) in [5.41, 5.74) is 0. The third-order valence-corrected chi connectivity index (χ3v) is 4.89. The zero-order valence-corrected chi connectivity index (χ0v) is 12.1. The third kappa shape index (κ3) is 3.92. The predicted molar refractivity (Wildman–Crippen MR) is 74.6 cm³/mol.